The fourth-order valence-electron chi connectivity index (χ4n) is 8.86. The normalized spacial score (nSPS) is 13.8. The fourth-order valence-corrected chi connectivity index (χ4v) is 10.0. The summed E-state index contributed by atoms with van der Waals surface area (Å²) in [6, 6.07) is 49.7. The molecule has 4 heteroatoms. The van der Waals surface area contributed by atoms with Crippen LogP contribution in [0.3, 0.4) is 0 Å². The lowest BCUT2D eigenvalue weighted by Crippen LogP contribution is -2.41. The Kier molecular flexibility index (Phi) is 5.65. The zero-order chi connectivity index (χ0) is 33.3. The van der Waals surface area contributed by atoms with Crippen molar-refractivity contribution in [3.8, 4) is 27.9 Å². The van der Waals surface area contributed by atoms with Crippen LogP contribution in [0.2, 0.25) is 0 Å². The minimum Gasteiger partial charge on any atom is -0.355 e. The molecule has 0 unspecified atom stereocenters. The Morgan fingerprint density at radius 2 is 1.38 bits per heavy atom. The number of thiophene rings is 1. The molecular weight excluding hydrogens is 623 g/mol. The van der Waals surface area contributed by atoms with Crippen molar-refractivity contribution >= 4 is 82.9 Å². The molecule has 0 amide bonds. The first kappa shape index (κ1) is 28.3. The molecule has 2 aliphatic rings. The van der Waals surface area contributed by atoms with Crippen molar-refractivity contribution in [1.82, 2.24) is 4.57 Å². The summed E-state index contributed by atoms with van der Waals surface area (Å²) in [6.07, 6.45) is 0. The molecule has 0 spiro atoms. The second kappa shape index (κ2) is 10.00. The third-order valence-electron chi connectivity index (χ3n) is 11.3. The Bertz CT molecular complexity index is 2910. The van der Waals surface area contributed by atoms with Gasteiger partial charge in [-0.2, -0.15) is 0 Å². The van der Waals surface area contributed by atoms with Crippen LogP contribution in [0.1, 0.15) is 30.5 Å². The van der Waals surface area contributed by atoms with Crippen LogP contribution < -0.4 is 16.2 Å². The number of nitrogens with one attached hydrogen (secondary N) is 1. The summed E-state index contributed by atoms with van der Waals surface area (Å²) in [5.41, 5.74) is 17.6. The monoisotopic (exact) mass is 655 g/mol. The second-order valence-corrected chi connectivity index (χ2v) is 15.6. The molecule has 0 atom stereocenters. The minimum absolute atomic E-state index is 0.121. The van der Waals surface area contributed by atoms with Gasteiger partial charge in [-0.3, -0.25) is 0 Å². The van der Waals surface area contributed by atoms with Crippen molar-refractivity contribution < 1.29 is 0 Å². The summed E-state index contributed by atoms with van der Waals surface area (Å²) >= 11 is 1.89. The highest BCUT2D eigenvalue weighted by molar-refractivity contribution is 7.25. The number of rotatable bonds is 4. The van der Waals surface area contributed by atoms with Gasteiger partial charge in [0.15, 0.2) is 7.28 Å². The summed E-state index contributed by atoms with van der Waals surface area (Å²) in [5, 5.41) is 9.10. The number of aromatic nitrogens is 1. The van der Waals surface area contributed by atoms with E-state index in [-0.39, 0.29) is 5.41 Å². The van der Waals surface area contributed by atoms with Gasteiger partial charge in [0.1, 0.15) is 0 Å². The maximum atomic E-state index is 3.78. The van der Waals surface area contributed by atoms with E-state index < -0.39 is 0 Å². The maximum Gasteiger partial charge on any atom is 0.197 e. The van der Waals surface area contributed by atoms with E-state index in [4.69, 9.17) is 0 Å². The summed E-state index contributed by atoms with van der Waals surface area (Å²) < 4.78 is 5.27. The number of aryl methyl sites for hydroxylation is 1. The lowest BCUT2D eigenvalue weighted by molar-refractivity contribution is 0.631. The van der Waals surface area contributed by atoms with Crippen molar-refractivity contribution in [1.29, 1.82) is 0 Å². The van der Waals surface area contributed by atoms with Gasteiger partial charge in [-0.25, -0.2) is 0 Å². The molecule has 0 bridgehead atoms. The summed E-state index contributed by atoms with van der Waals surface area (Å²) in [5.74, 6) is 0. The highest BCUT2D eigenvalue weighted by Crippen LogP contribution is 2.50. The van der Waals surface area contributed by atoms with Crippen molar-refractivity contribution in [2.45, 2.75) is 26.2 Å². The van der Waals surface area contributed by atoms with E-state index in [0.717, 1.165) is 11.4 Å². The maximum absolute atomic E-state index is 3.78. The van der Waals surface area contributed by atoms with Crippen molar-refractivity contribution in [2.75, 3.05) is 5.32 Å². The molecule has 7 aromatic carbocycles. The van der Waals surface area contributed by atoms with E-state index in [0.29, 0.717) is 0 Å². The van der Waals surface area contributed by atoms with E-state index in [2.05, 4.69) is 171 Å². The number of fused-ring (bicyclic) bond motifs is 4. The zero-order valence-electron chi connectivity index (χ0n) is 28.1. The van der Waals surface area contributed by atoms with Crippen molar-refractivity contribution in [3.63, 3.8) is 0 Å². The number of anilines is 2. The first-order chi connectivity index (χ1) is 24.5. The highest BCUT2D eigenvalue weighted by atomic mass is 32.1. The van der Waals surface area contributed by atoms with Crippen LogP contribution in [0.25, 0.3) is 69.9 Å². The SMILES string of the molecule is Cc1ccc(Nc2ccccc2-c2cc(-c3ccc4c(c3)sc3ccccc34)c3c4cccc5c4n4c3c2[B]c2cccc(c2-4)C5(C)C)cc1. The molecule has 11 rings (SSSR count). The van der Waals surface area contributed by atoms with Gasteiger partial charge in [0.25, 0.3) is 0 Å². The molecule has 2 aliphatic heterocycles. The number of para-hydroxylation sites is 3. The van der Waals surface area contributed by atoms with Gasteiger partial charge in [0.05, 0.1) is 5.52 Å². The first-order valence-corrected chi connectivity index (χ1v) is 18.3. The molecule has 4 heterocycles. The fraction of sp³-hybridized carbons (Fsp3) is 0.0870. The average molecular weight is 656 g/mol. The Morgan fingerprint density at radius 3 is 2.28 bits per heavy atom. The van der Waals surface area contributed by atoms with Gasteiger partial charge in [-0.05, 0) is 76.6 Å². The van der Waals surface area contributed by atoms with Crippen LogP contribution in [0, 0.1) is 6.92 Å². The summed E-state index contributed by atoms with van der Waals surface area (Å²) in [4.78, 5) is 0. The molecule has 9 aromatic rings. The minimum atomic E-state index is -0.121. The third-order valence-corrected chi connectivity index (χ3v) is 12.4. The topological polar surface area (TPSA) is 17.0 Å². The molecule has 235 valence electrons. The highest BCUT2D eigenvalue weighted by Gasteiger charge is 2.39. The quantitative estimate of drug-likeness (QED) is 0.187. The molecule has 0 aliphatic carbocycles. The van der Waals surface area contributed by atoms with Gasteiger partial charge in [0, 0.05) is 64.5 Å². The molecule has 1 N–H and O–H groups in total. The Balaban J connectivity index is 1.28. The number of benzene rings is 7. The third kappa shape index (κ3) is 3.75. The predicted molar refractivity (Wildman–Crippen MR) is 216 cm³/mol. The van der Waals surface area contributed by atoms with Crippen molar-refractivity contribution in [2.24, 2.45) is 0 Å². The van der Waals surface area contributed by atoms with E-state index in [9.17, 15) is 0 Å². The number of hydrogen-bond acceptors (Lipinski definition) is 2. The summed E-state index contributed by atoms with van der Waals surface area (Å²) in [6.45, 7) is 6.92. The van der Waals surface area contributed by atoms with Crippen LogP contribution in [-0.2, 0) is 5.41 Å². The Hall–Kier alpha value is -5.58. The van der Waals surface area contributed by atoms with Crippen LogP contribution in [0.4, 0.5) is 11.4 Å². The first-order valence-electron chi connectivity index (χ1n) is 17.4. The Morgan fingerprint density at radius 1 is 0.620 bits per heavy atom. The lowest BCUT2D eigenvalue weighted by Gasteiger charge is -2.37. The molecule has 2 aromatic heterocycles. The van der Waals surface area contributed by atoms with Gasteiger partial charge >= 0.3 is 0 Å². The van der Waals surface area contributed by atoms with Gasteiger partial charge in [-0.1, -0.05) is 122 Å². The van der Waals surface area contributed by atoms with Crippen LogP contribution >= 0.6 is 11.3 Å². The van der Waals surface area contributed by atoms with Crippen molar-refractivity contribution in [3.05, 3.63) is 150 Å². The standard InChI is InChI=1S/C46H32BN2S/c1-26-18-21-28(22-19-26)48-38-16-6-4-10-29(38)34-25-33(27-20-23-31-30-11-5-7-17-39(30)50-40(31)24-27)41-32-12-8-13-35-43(32)49-44-36(46(35,2)3)14-9-15-37(44)47-42(34)45(41)49/h4-25,48H,1-3H3. The van der Waals surface area contributed by atoms with Gasteiger partial charge < -0.3 is 9.88 Å². The number of nitrogens with zero attached hydrogens (tertiary/aromatic N) is 1. The van der Waals surface area contributed by atoms with Crippen LogP contribution in [0.5, 0.6) is 0 Å². The number of hydrogen-bond donors (Lipinski definition) is 1. The zero-order valence-corrected chi connectivity index (χ0v) is 29.0. The molecule has 0 saturated heterocycles. The van der Waals surface area contributed by atoms with Gasteiger partial charge in [-0.15, -0.1) is 11.3 Å². The average Bonchev–Trinajstić information content (AvgIpc) is 3.69. The molecule has 2 nitrogen and oxygen atoms in total. The van der Waals surface area contributed by atoms with Gasteiger partial charge in [0.2, 0.25) is 0 Å². The second-order valence-electron chi connectivity index (χ2n) is 14.5. The van der Waals surface area contributed by atoms with Crippen LogP contribution in [-0.4, -0.2) is 11.8 Å². The largest absolute Gasteiger partial charge is 0.355 e. The predicted octanol–water partition coefficient (Wildman–Crippen LogP) is 11.1. The smallest absolute Gasteiger partial charge is 0.197 e. The lowest BCUT2D eigenvalue weighted by atomic mass is 9.57. The summed E-state index contributed by atoms with van der Waals surface area (Å²) in [7, 11) is 2.46. The Labute approximate surface area is 295 Å². The van der Waals surface area contributed by atoms with E-state index in [1.54, 1.807) is 0 Å². The van der Waals surface area contributed by atoms with E-state index >= 15 is 0 Å². The molecule has 50 heavy (non-hydrogen) atoms. The van der Waals surface area contributed by atoms with E-state index in [1.807, 2.05) is 11.3 Å². The van der Waals surface area contributed by atoms with E-state index in [1.165, 1.54) is 97.5 Å². The molecule has 0 saturated carbocycles. The molecule has 0 fully saturated rings. The van der Waals surface area contributed by atoms with Crippen LogP contribution in [0.15, 0.2) is 133 Å². The molecule has 1 radical (unpaired) electrons. The molecular formula is C46H32BN2S.